The minimum Gasteiger partial charge on any atom is -0.269 e. The Balaban J connectivity index is 2.44. The van der Waals surface area contributed by atoms with E-state index in [4.69, 9.17) is 5.26 Å². The Kier molecular flexibility index (Phi) is 2.60. The predicted octanol–water partition coefficient (Wildman–Crippen LogP) is 1.29. The average molecular weight is 236 g/mol. The zero-order valence-electron chi connectivity index (χ0n) is 8.92. The van der Waals surface area contributed by atoms with E-state index in [0.717, 1.165) is 5.56 Å². The standard InChI is InChI=1S/C11H12N2O2S/c1-9(8-12)16(14,15)13-7-6-10-4-2-3-5-11(10)13/h2-5,9H,6-7H2,1H3. The van der Waals surface area contributed by atoms with E-state index in [-0.39, 0.29) is 0 Å². The molecule has 5 heteroatoms. The molecule has 1 heterocycles. The number of anilines is 1. The van der Waals surface area contributed by atoms with Gasteiger partial charge in [-0.2, -0.15) is 5.26 Å². The highest BCUT2D eigenvalue weighted by Gasteiger charge is 2.33. The molecular weight excluding hydrogens is 224 g/mol. The number of fused-ring (bicyclic) bond motifs is 1. The van der Waals surface area contributed by atoms with Gasteiger partial charge in [0.25, 0.3) is 10.0 Å². The van der Waals surface area contributed by atoms with Crippen molar-refractivity contribution in [3.63, 3.8) is 0 Å². The first kappa shape index (κ1) is 11.0. The van der Waals surface area contributed by atoms with Crippen molar-refractivity contribution in [3.8, 4) is 6.07 Å². The normalized spacial score (nSPS) is 16.6. The van der Waals surface area contributed by atoms with Gasteiger partial charge < -0.3 is 0 Å². The van der Waals surface area contributed by atoms with Crippen LogP contribution in [0.3, 0.4) is 0 Å². The Morgan fingerprint density at radius 2 is 2.12 bits per heavy atom. The molecule has 1 aromatic carbocycles. The Hall–Kier alpha value is -1.54. The van der Waals surface area contributed by atoms with Gasteiger partial charge in [-0.15, -0.1) is 0 Å². The molecule has 0 saturated heterocycles. The highest BCUT2D eigenvalue weighted by Crippen LogP contribution is 2.31. The second-order valence-electron chi connectivity index (χ2n) is 3.77. The van der Waals surface area contributed by atoms with Crippen LogP contribution in [0, 0.1) is 11.3 Å². The van der Waals surface area contributed by atoms with E-state index in [2.05, 4.69) is 0 Å². The molecule has 1 aliphatic rings. The summed E-state index contributed by atoms with van der Waals surface area (Å²) in [4.78, 5) is 0. The average Bonchev–Trinajstić information content (AvgIpc) is 2.72. The van der Waals surface area contributed by atoms with Gasteiger partial charge in [0.1, 0.15) is 0 Å². The van der Waals surface area contributed by atoms with Gasteiger partial charge >= 0.3 is 0 Å². The molecule has 0 amide bonds. The van der Waals surface area contributed by atoms with Crippen molar-refractivity contribution >= 4 is 15.7 Å². The lowest BCUT2D eigenvalue weighted by Gasteiger charge is -2.20. The molecular formula is C11H12N2O2S. The van der Waals surface area contributed by atoms with Crippen LogP contribution in [-0.2, 0) is 16.4 Å². The zero-order chi connectivity index (χ0) is 11.8. The van der Waals surface area contributed by atoms with Gasteiger partial charge in [-0.05, 0) is 25.0 Å². The largest absolute Gasteiger partial charge is 0.269 e. The Morgan fingerprint density at radius 1 is 1.44 bits per heavy atom. The van der Waals surface area contributed by atoms with Crippen LogP contribution in [0.15, 0.2) is 24.3 Å². The van der Waals surface area contributed by atoms with E-state index in [0.29, 0.717) is 18.7 Å². The van der Waals surface area contributed by atoms with E-state index in [1.54, 1.807) is 12.1 Å². The fraction of sp³-hybridized carbons (Fsp3) is 0.364. The summed E-state index contributed by atoms with van der Waals surface area (Å²) >= 11 is 0. The molecule has 0 spiro atoms. The molecule has 84 valence electrons. The first-order chi connectivity index (χ1) is 7.57. The van der Waals surface area contributed by atoms with Crippen molar-refractivity contribution in [2.75, 3.05) is 10.8 Å². The second-order valence-corrected chi connectivity index (χ2v) is 5.94. The smallest absolute Gasteiger partial charge is 0.251 e. The van der Waals surface area contributed by atoms with Gasteiger partial charge in [-0.3, -0.25) is 4.31 Å². The lowest BCUT2D eigenvalue weighted by molar-refractivity contribution is 0.588. The SMILES string of the molecule is CC(C#N)S(=O)(=O)N1CCc2ccccc21. The van der Waals surface area contributed by atoms with E-state index < -0.39 is 15.3 Å². The molecule has 16 heavy (non-hydrogen) atoms. The summed E-state index contributed by atoms with van der Waals surface area (Å²) in [5, 5.41) is 7.72. The van der Waals surface area contributed by atoms with Crippen molar-refractivity contribution in [2.24, 2.45) is 0 Å². The van der Waals surface area contributed by atoms with Crippen molar-refractivity contribution in [3.05, 3.63) is 29.8 Å². The molecule has 0 bridgehead atoms. The van der Waals surface area contributed by atoms with Gasteiger partial charge in [0.2, 0.25) is 0 Å². The lowest BCUT2D eigenvalue weighted by Crippen LogP contribution is -2.35. The number of hydrogen-bond acceptors (Lipinski definition) is 3. The van der Waals surface area contributed by atoms with Crippen molar-refractivity contribution < 1.29 is 8.42 Å². The second kappa shape index (κ2) is 3.80. The van der Waals surface area contributed by atoms with Gasteiger partial charge in [0, 0.05) is 6.54 Å². The summed E-state index contributed by atoms with van der Waals surface area (Å²) < 4.78 is 25.4. The fourth-order valence-corrected chi connectivity index (χ4v) is 3.14. The summed E-state index contributed by atoms with van der Waals surface area (Å²) in [7, 11) is -3.53. The maximum Gasteiger partial charge on any atom is 0.251 e. The van der Waals surface area contributed by atoms with Gasteiger partial charge in [0.05, 0.1) is 11.8 Å². The molecule has 2 rings (SSSR count). The van der Waals surface area contributed by atoms with Gasteiger partial charge in [0.15, 0.2) is 5.25 Å². The van der Waals surface area contributed by atoms with Crippen LogP contribution in [-0.4, -0.2) is 20.2 Å². The predicted molar refractivity (Wildman–Crippen MR) is 61.5 cm³/mol. The number of benzene rings is 1. The molecule has 0 fully saturated rings. The minimum absolute atomic E-state index is 0.438. The van der Waals surface area contributed by atoms with Crippen LogP contribution >= 0.6 is 0 Å². The Labute approximate surface area is 95.2 Å². The number of para-hydroxylation sites is 1. The summed E-state index contributed by atoms with van der Waals surface area (Å²) in [5.74, 6) is 0. The molecule has 0 aromatic heterocycles. The number of sulfonamides is 1. The number of hydrogen-bond donors (Lipinski definition) is 0. The van der Waals surface area contributed by atoms with Crippen LogP contribution in [0.1, 0.15) is 12.5 Å². The molecule has 0 aliphatic carbocycles. The van der Waals surface area contributed by atoms with Crippen molar-refractivity contribution in [2.45, 2.75) is 18.6 Å². The monoisotopic (exact) mass is 236 g/mol. The minimum atomic E-state index is -3.53. The van der Waals surface area contributed by atoms with Crippen LogP contribution in [0.2, 0.25) is 0 Å². The van der Waals surface area contributed by atoms with Crippen LogP contribution in [0.5, 0.6) is 0 Å². The van der Waals surface area contributed by atoms with Crippen molar-refractivity contribution in [1.82, 2.24) is 0 Å². The fourth-order valence-electron chi connectivity index (χ4n) is 1.83. The lowest BCUT2D eigenvalue weighted by atomic mass is 10.2. The number of nitriles is 1. The van der Waals surface area contributed by atoms with E-state index in [9.17, 15) is 8.42 Å². The molecule has 1 aliphatic heterocycles. The first-order valence-electron chi connectivity index (χ1n) is 5.06. The molecule has 0 radical (unpaired) electrons. The summed E-state index contributed by atoms with van der Waals surface area (Å²) in [6, 6.07) is 9.18. The van der Waals surface area contributed by atoms with Crippen molar-refractivity contribution in [1.29, 1.82) is 5.26 Å². The van der Waals surface area contributed by atoms with Gasteiger partial charge in [-0.1, -0.05) is 18.2 Å². The van der Waals surface area contributed by atoms with Gasteiger partial charge in [-0.25, -0.2) is 8.42 Å². The number of rotatable bonds is 2. The summed E-state index contributed by atoms with van der Waals surface area (Å²) in [5.41, 5.74) is 1.74. The third kappa shape index (κ3) is 1.55. The Bertz CT molecular complexity index is 545. The maximum atomic E-state index is 12.0. The Morgan fingerprint density at radius 3 is 2.81 bits per heavy atom. The van der Waals surface area contributed by atoms with E-state index in [1.165, 1.54) is 11.2 Å². The molecule has 1 aromatic rings. The number of nitrogens with zero attached hydrogens (tertiary/aromatic N) is 2. The highest BCUT2D eigenvalue weighted by molar-refractivity contribution is 7.93. The third-order valence-corrected chi connectivity index (χ3v) is 4.77. The van der Waals surface area contributed by atoms with Crippen LogP contribution < -0.4 is 4.31 Å². The first-order valence-corrected chi connectivity index (χ1v) is 6.57. The molecule has 4 nitrogen and oxygen atoms in total. The summed E-state index contributed by atoms with van der Waals surface area (Å²) in [6.07, 6.45) is 0.716. The molecule has 1 unspecified atom stereocenters. The highest BCUT2D eigenvalue weighted by atomic mass is 32.2. The van der Waals surface area contributed by atoms with Crippen LogP contribution in [0.4, 0.5) is 5.69 Å². The maximum absolute atomic E-state index is 12.0. The molecule has 0 N–H and O–H groups in total. The zero-order valence-corrected chi connectivity index (χ0v) is 9.74. The summed E-state index contributed by atoms with van der Waals surface area (Å²) in [6.45, 7) is 1.85. The molecule has 1 atom stereocenters. The van der Waals surface area contributed by atoms with Crippen LogP contribution in [0.25, 0.3) is 0 Å². The molecule has 0 saturated carbocycles. The van der Waals surface area contributed by atoms with E-state index in [1.807, 2.05) is 18.2 Å². The van der Waals surface area contributed by atoms with E-state index >= 15 is 0 Å². The quantitative estimate of drug-likeness (QED) is 0.777. The third-order valence-electron chi connectivity index (χ3n) is 2.78. The topological polar surface area (TPSA) is 61.2 Å².